The van der Waals surface area contributed by atoms with Gasteiger partial charge in [0.2, 0.25) is 0 Å². The summed E-state index contributed by atoms with van der Waals surface area (Å²) in [6, 6.07) is 9.64. The van der Waals surface area contributed by atoms with Crippen LogP contribution in [0.5, 0.6) is 0 Å². The number of aliphatic hydroxyl groups is 1. The number of nitrogens with one attached hydrogen (secondary N) is 1. The SMILES string of the molecule is Cc1cc(CC(=O)O)ccc1[C@@H](CO)NC(=O)c1cc2c(Cl)c(Cl)ccc2n1C. The number of benzene rings is 2. The number of aromatic nitrogens is 1. The number of aryl methyl sites for hydroxylation is 2. The summed E-state index contributed by atoms with van der Waals surface area (Å²) in [6.07, 6.45) is -0.0868. The second-order valence-electron chi connectivity index (χ2n) is 6.85. The molecule has 8 heteroatoms. The van der Waals surface area contributed by atoms with E-state index in [-0.39, 0.29) is 18.9 Å². The van der Waals surface area contributed by atoms with Crippen LogP contribution in [-0.2, 0) is 18.3 Å². The molecule has 3 rings (SSSR count). The number of amides is 1. The van der Waals surface area contributed by atoms with Crippen LogP contribution in [0.15, 0.2) is 36.4 Å². The van der Waals surface area contributed by atoms with Crippen molar-refractivity contribution in [1.29, 1.82) is 0 Å². The predicted molar refractivity (Wildman–Crippen MR) is 113 cm³/mol. The maximum absolute atomic E-state index is 12.9. The molecule has 0 radical (unpaired) electrons. The highest BCUT2D eigenvalue weighted by Gasteiger charge is 2.21. The maximum Gasteiger partial charge on any atom is 0.307 e. The summed E-state index contributed by atoms with van der Waals surface area (Å²) in [5, 5.41) is 23.1. The quantitative estimate of drug-likeness (QED) is 0.548. The monoisotopic (exact) mass is 434 g/mol. The van der Waals surface area contributed by atoms with Crippen molar-refractivity contribution in [3.8, 4) is 0 Å². The Hall–Kier alpha value is -2.54. The lowest BCUT2D eigenvalue weighted by Gasteiger charge is -2.19. The molecule has 2 aromatic carbocycles. The fourth-order valence-electron chi connectivity index (χ4n) is 3.43. The van der Waals surface area contributed by atoms with E-state index in [2.05, 4.69) is 5.32 Å². The molecule has 0 fully saturated rings. The largest absolute Gasteiger partial charge is 0.481 e. The first-order valence-corrected chi connectivity index (χ1v) is 9.65. The Morgan fingerprint density at radius 1 is 1.17 bits per heavy atom. The normalized spacial score (nSPS) is 12.2. The number of aliphatic carboxylic acids is 1. The van der Waals surface area contributed by atoms with Gasteiger partial charge in [-0.1, -0.05) is 41.4 Å². The lowest BCUT2D eigenvalue weighted by atomic mass is 9.98. The van der Waals surface area contributed by atoms with E-state index >= 15 is 0 Å². The molecule has 0 aliphatic heterocycles. The van der Waals surface area contributed by atoms with Crippen molar-refractivity contribution in [2.45, 2.75) is 19.4 Å². The van der Waals surface area contributed by atoms with Gasteiger partial charge in [0.1, 0.15) is 5.69 Å². The van der Waals surface area contributed by atoms with Crippen molar-refractivity contribution in [2.75, 3.05) is 6.61 Å². The number of fused-ring (bicyclic) bond motifs is 1. The number of carbonyl (C=O) groups excluding carboxylic acids is 1. The summed E-state index contributed by atoms with van der Waals surface area (Å²) >= 11 is 12.3. The van der Waals surface area contributed by atoms with Crippen molar-refractivity contribution >= 4 is 46.0 Å². The van der Waals surface area contributed by atoms with Crippen LogP contribution in [0.2, 0.25) is 10.0 Å². The zero-order valence-electron chi connectivity index (χ0n) is 15.9. The number of nitrogens with zero attached hydrogens (tertiary/aromatic N) is 1. The van der Waals surface area contributed by atoms with E-state index in [1.807, 2.05) is 6.92 Å². The molecule has 0 saturated carbocycles. The summed E-state index contributed by atoms with van der Waals surface area (Å²) in [5.41, 5.74) is 3.30. The zero-order valence-corrected chi connectivity index (χ0v) is 17.4. The van der Waals surface area contributed by atoms with Crippen molar-refractivity contribution in [2.24, 2.45) is 7.05 Å². The molecule has 6 nitrogen and oxygen atoms in total. The Kier molecular flexibility index (Phi) is 6.17. The van der Waals surface area contributed by atoms with E-state index < -0.39 is 12.0 Å². The van der Waals surface area contributed by atoms with Crippen molar-refractivity contribution in [3.63, 3.8) is 0 Å². The average molecular weight is 435 g/mol. The van der Waals surface area contributed by atoms with Crippen LogP contribution >= 0.6 is 23.2 Å². The molecule has 0 spiro atoms. The third kappa shape index (κ3) is 4.24. The smallest absolute Gasteiger partial charge is 0.307 e. The molecule has 1 atom stereocenters. The lowest BCUT2D eigenvalue weighted by Crippen LogP contribution is -2.32. The summed E-state index contributed by atoms with van der Waals surface area (Å²) in [7, 11) is 1.75. The number of aliphatic hydroxyl groups excluding tert-OH is 1. The summed E-state index contributed by atoms with van der Waals surface area (Å²) < 4.78 is 1.71. The number of rotatable bonds is 6. The first kappa shape index (κ1) is 21.2. The summed E-state index contributed by atoms with van der Waals surface area (Å²) in [6.45, 7) is 1.51. The maximum atomic E-state index is 12.9. The van der Waals surface area contributed by atoms with E-state index in [1.54, 1.807) is 48.0 Å². The highest BCUT2D eigenvalue weighted by atomic mass is 35.5. The van der Waals surface area contributed by atoms with Crippen LogP contribution in [0.25, 0.3) is 10.9 Å². The number of carbonyl (C=O) groups is 2. The van der Waals surface area contributed by atoms with Crippen LogP contribution in [0.4, 0.5) is 0 Å². The second kappa shape index (κ2) is 8.45. The van der Waals surface area contributed by atoms with Crippen molar-refractivity contribution in [1.82, 2.24) is 9.88 Å². The van der Waals surface area contributed by atoms with Crippen LogP contribution in [0, 0.1) is 6.92 Å². The minimum Gasteiger partial charge on any atom is -0.481 e. The lowest BCUT2D eigenvalue weighted by molar-refractivity contribution is -0.136. The Bertz CT molecular complexity index is 1110. The number of hydrogen-bond acceptors (Lipinski definition) is 3. The van der Waals surface area contributed by atoms with E-state index in [1.165, 1.54) is 0 Å². The second-order valence-corrected chi connectivity index (χ2v) is 7.64. The van der Waals surface area contributed by atoms with Gasteiger partial charge in [0.15, 0.2) is 0 Å². The van der Waals surface area contributed by atoms with Crippen molar-refractivity contribution < 1.29 is 19.8 Å². The third-order valence-electron chi connectivity index (χ3n) is 4.90. The van der Waals surface area contributed by atoms with Gasteiger partial charge in [-0.05, 0) is 41.8 Å². The van der Waals surface area contributed by atoms with Gasteiger partial charge in [0.05, 0.1) is 29.1 Å². The summed E-state index contributed by atoms with van der Waals surface area (Å²) in [4.78, 5) is 23.8. The van der Waals surface area contributed by atoms with Gasteiger partial charge >= 0.3 is 5.97 Å². The molecule has 1 aromatic heterocycles. The predicted octanol–water partition coefficient (Wildman–Crippen LogP) is 3.88. The molecule has 152 valence electrons. The Morgan fingerprint density at radius 3 is 2.52 bits per heavy atom. The van der Waals surface area contributed by atoms with Gasteiger partial charge in [-0.2, -0.15) is 0 Å². The van der Waals surface area contributed by atoms with E-state index in [0.717, 1.165) is 16.6 Å². The highest BCUT2D eigenvalue weighted by Crippen LogP contribution is 2.32. The Morgan fingerprint density at radius 2 is 1.90 bits per heavy atom. The number of carboxylic acids is 1. The number of carboxylic acid groups (broad SMARTS) is 1. The number of hydrogen-bond donors (Lipinski definition) is 3. The van der Waals surface area contributed by atoms with E-state index in [4.69, 9.17) is 28.3 Å². The minimum absolute atomic E-state index is 0.0868. The summed E-state index contributed by atoms with van der Waals surface area (Å²) in [5.74, 6) is -1.29. The van der Waals surface area contributed by atoms with Crippen LogP contribution in [0.1, 0.15) is 33.2 Å². The number of halogens is 2. The molecule has 1 amide bonds. The molecule has 0 aliphatic carbocycles. The molecule has 29 heavy (non-hydrogen) atoms. The first-order valence-electron chi connectivity index (χ1n) is 8.89. The van der Waals surface area contributed by atoms with Gasteiger partial charge in [0.25, 0.3) is 5.91 Å². The standard InChI is InChI=1S/C21H20Cl2N2O4/c1-11-7-12(8-19(27)28)3-4-13(11)16(10-26)24-21(29)18-9-14-17(25(18)2)6-5-15(22)20(14)23/h3-7,9,16,26H,8,10H2,1-2H3,(H,24,29)(H,27,28)/t16-/m1/s1. The van der Waals surface area contributed by atoms with Crippen molar-refractivity contribution in [3.05, 3.63) is 68.8 Å². The molecule has 3 N–H and O–H groups in total. The van der Waals surface area contributed by atoms with Gasteiger partial charge in [0, 0.05) is 18.0 Å². The van der Waals surface area contributed by atoms with Crippen LogP contribution in [-0.4, -0.2) is 33.3 Å². The molecule has 0 unspecified atom stereocenters. The Balaban J connectivity index is 1.89. The highest BCUT2D eigenvalue weighted by molar-refractivity contribution is 6.45. The molecular weight excluding hydrogens is 415 g/mol. The average Bonchev–Trinajstić information content (AvgIpc) is 3.00. The van der Waals surface area contributed by atoms with Gasteiger partial charge in [-0.15, -0.1) is 0 Å². The topological polar surface area (TPSA) is 91.6 Å². The molecule has 1 heterocycles. The van der Waals surface area contributed by atoms with Gasteiger partial charge < -0.3 is 20.1 Å². The van der Waals surface area contributed by atoms with Gasteiger partial charge in [-0.3, -0.25) is 9.59 Å². The Labute approximate surface area is 177 Å². The van der Waals surface area contributed by atoms with E-state index in [9.17, 15) is 14.7 Å². The van der Waals surface area contributed by atoms with Gasteiger partial charge in [-0.25, -0.2) is 0 Å². The molecule has 0 saturated heterocycles. The third-order valence-corrected chi connectivity index (χ3v) is 5.72. The fraction of sp³-hybridized carbons (Fsp3) is 0.238. The molecule has 0 aliphatic rings. The first-order chi connectivity index (χ1) is 13.7. The van der Waals surface area contributed by atoms with Crippen LogP contribution in [0.3, 0.4) is 0 Å². The minimum atomic E-state index is -0.918. The molecular formula is C21H20Cl2N2O4. The van der Waals surface area contributed by atoms with Crippen LogP contribution < -0.4 is 5.32 Å². The zero-order chi connectivity index (χ0) is 21.3. The molecule has 3 aromatic rings. The molecule has 0 bridgehead atoms. The fourth-order valence-corrected chi connectivity index (χ4v) is 3.81. The van der Waals surface area contributed by atoms with E-state index in [0.29, 0.717) is 26.7 Å².